The lowest BCUT2D eigenvalue weighted by Gasteiger charge is -2.36. The monoisotopic (exact) mass is 276 g/mol. The Bertz CT molecular complexity index is 489. The van der Waals surface area contributed by atoms with Crippen molar-refractivity contribution < 1.29 is 14.4 Å². The molecular weight excluding hydrogens is 256 g/mol. The van der Waals surface area contributed by atoms with E-state index in [1.54, 1.807) is 18.3 Å². The number of carbonyl (C=O) groups excluding carboxylic acids is 2. The molecule has 1 heterocycles. The molecular formula is C15H20N2O3. The van der Waals surface area contributed by atoms with Crippen molar-refractivity contribution in [2.75, 3.05) is 0 Å². The van der Waals surface area contributed by atoms with E-state index in [2.05, 4.69) is 17.4 Å². The number of hydroxylamine groups is 1. The van der Waals surface area contributed by atoms with Gasteiger partial charge >= 0.3 is 5.97 Å². The number of hydrogen-bond donors (Lipinski definition) is 1. The van der Waals surface area contributed by atoms with Crippen molar-refractivity contribution in [3.63, 3.8) is 0 Å². The Hall–Kier alpha value is -1.91. The third kappa shape index (κ3) is 2.98. The summed E-state index contributed by atoms with van der Waals surface area (Å²) in [7, 11) is 0. The maximum Gasteiger partial charge on any atom is 0.338 e. The fraction of sp³-hybridized carbons (Fsp3) is 0.533. The smallest absolute Gasteiger partial charge is 0.338 e. The lowest BCUT2D eigenvalue weighted by atomic mass is 9.68. The topological polar surface area (TPSA) is 68.3 Å². The highest BCUT2D eigenvalue weighted by Gasteiger charge is 2.42. The molecule has 1 aromatic heterocycles. The Morgan fingerprint density at radius 2 is 2.25 bits per heavy atom. The maximum absolute atomic E-state index is 12.2. The predicted molar refractivity (Wildman–Crippen MR) is 73.5 cm³/mol. The molecule has 5 heteroatoms. The molecule has 2 unspecified atom stereocenters. The number of rotatable bonds is 2. The number of hydrogen-bond acceptors (Lipinski definition) is 4. The van der Waals surface area contributed by atoms with E-state index in [0.29, 0.717) is 5.56 Å². The summed E-state index contributed by atoms with van der Waals surface area (Å²) in [5.41, 5.74) is 2.06. The van der Waals surface area contributed by atoms with E-state index in [-0.39, 0.29) is 11.9 Å². The number of nitrogens with one attached hydrogen (secondary N) is 1. The molecule has 0 aliphatic heterocycles. The van der Waals surface area contributed by atoms with Crippen molar-refractivity contribution in [2.45, 2.75) is 39.5 Å². The number of amides is 1. The van der Waals surface area contributed by atoms with Crippen LogP contribution in [-0.4, -0.2) is 16.9 Å². The summed E-state index contributed by atoms with van der Waals surface area (Å²) < 4.78 is 0. The third-order valence-corrected chi connectivity index (χ3v) is 4.30. The zero-order chi connectivity index (χ0) is 14.6. The first-order chi connectivity index (χ1) is 9.54. The highest BCUT2D eigenvalue weighted by Crippen LogP contribution is 2.41. The van der Waals surface area contributed by atoms with E-state index >= 15 is 0 Å². The zero-order valence-corrected chi connectivity index (χ0v) is 11.9. The van der Waals surface area contributed by atoms with Crippen LogP contribution in [0, 0.1) is 11.3 Å². The average Bonchev–Trinajstić information content (AvgIpc) is 2.48. The summed E-state index contributed by atoms with van der Waals surface area (Å²) in [6.07, 6.45) is 6.98. The molecule has 1 fully saturated rings. The van der Waals surface area contributed by atoms with Gasteiger partial charge in [0, 0.05) is 12.4 Å². The van der Waals surface area contributed by atoms with Crippen LogP contribution in [0.3, 0.4) is 0 Å². The number of carbonyl (C=O) groups is 2. The molecule has 20 heavy (non-hydrogen) atoms. The first kappa shape index (κ1) is 14.5. The number of pyridine rings is 1. The van der Waals surface area contributed by atoms with Crippen molar-refractivity contribution in [3.05, 3.63) is 30.1 Å². The predicted octanol–water partition coefficient (Wildman–Crippen LogP) is 2.49. The molecule has 5 nitrogen and oxygen atoms in total. The van der Waals surface area contributed by atoms with E-state index in [9.17, 15) is 9.59 Å². The van der Waals surface area contributed by atoms with E-state index in [0.717, 1.165) is 25.7 Å². The molecule has 0 bridgehead atoms. The SMILES string of the molecule is CC1CCCCC1(C)C(=O)ONC(=O)c1cccnc1. The Kier molecular flexibility index (Phi) is 4.37. The average molecular weight is 276 g/mol. The van der Waals surface area contributed by atoms with Gasteiger partial charge in [-0.2, -0.15) is 5.48 Å². The Morgan fingerprint density at radius 3 is 2.90 bits per heavy atom. The van der Waals surface area contributed by atoms with Crippen LogP contribution < -0.4 is 5.48 Å². The summed E-state index contributed by atoms with van der Waals surface area (Å²) in [5.74, 6) is -0.556. The van der Waals surface area contributed by atoms with Gasteiger partial charge < -0.3 is 4.84 Å². The maximum atomic E-state index is 12.2. The van der Waals surface area contributed by atoms with Crippen LogP contribution >= 0.6 is 0 Å². The van der Waals surface area contributed by atoms with Crippen LogP contribution in [0.25, 0.3) is 0 Å². The van der Waals surface area contributed by atoms with Crippen molar-refractivity contribution in [1.82, 2.24) is 10.5 Å². The molecule has 0 radical (unpaired) electrons. The molecule has 2 rings (SSSR count). The second-order valence-corrected chi connectivity index (χ2v) is 5.63. The van der Waals surface area contributed by atoms with E-state index in [1.165, 1.54) is 6.20 Å². The van der Waals surface area contributed by atoms with Gasteiger partial charge in [-0.15, -0.1) is 0 Å². The van der Waals surface area contributed by atoms with Gasteiger partial charge in [0.05, 0.1) is 11.0 Å². The quantitative estimate of drug-likeness (QED) is 0.843. The minimum absolute atomic E-state index is 0.263. The summed E-state index contributed by atoms with van der Waals surface area (Å²) in [6.45, 7) is 3.97. The molecule has 0 saturated heterocycles. The second kappa shape index (κ2) is 6.03. The van der Waals surface area contributed by atoms with Gasteiger partial charge in [0.1, 0.15) is 0 Å². The van der Waals surface area contributed by atoms with Gasteiger partial charge in [-0.25, -0.2) is 4.79 Å². The molecule has 1 amide bonds. The van der Waals surface area contributed by atoms with Gasteiger partial charge in [0.25, 0.3) is 5.91 Å². The fourth-order valence-corrected chi connectivity index (χ4v) is 2.58. The highest BCUT2D eigenvalue weighted by molar-refractivity contribution is 5.94. The normalized spacial score (nSPS) is 25.8. The summed E-state index contributed by atoms with van der Waals surface area (Å²) >= 11 is 0. The lowest BCUT2D eigenvalue weighted by molar-refractivity contribution is -0.165. The Labute approximate surface area is 118 Å². The van der Waals surface area contributed by atoms with Crippen molar-refractivity contribution in [1.29, 1.82) is 0 Å². The third-order valence-electron chi connectivity index (χ3n) is 4.30. The standard InChI is InChI=1S/C15H20N2O3/c1-11-6-3-4-8-15(11,2)14(19)20-17-13(18)12-7-5-9-16-10-12/h5,7,9-11H,3-4,6,8H2,1-2H3,(H,17,18). The van der Waals surface area contributed by atoms with Crippen LogP contribution in [0.1, 0.15) is 49.9 Å². The number of aromatic nitrogens is 1. The van der Waals surface area contributed by atoms with Gasteiger partial charge in [-0.1, -0.05) is 19.8 Å². The van der Waals surface area contributed by atoms with Gasteiger partial charge in [0.15, 0.2) is 0 Å². The fourth-order valence-electron chi connectivity index (χ4n) is 2.58. The van der Waals surface area contributed by atoms with E-state index < -0.39 is 11.3 Å². The van der Waals surface area contributed by atoms with Crippen molar-refractivity contribution >= 4 is 11.9 Å². The Balaban J connectivity index is 1.93. The van der Waals surface area contributed by atoms with Crippen molar-refractivity contribution in [3.8, 4) is 0 Å². The summed E-state index contributed by atoms with van der Waals surface area (Å²) in [5, 5.41) is 0. The van der Waals surface area contributed by atoms with Crippen LogP contribution in [-0.2, 0) is 9.63 Å². The first-order valence-corrected chi connectivity index (χ1v) is 6.95. The molecule has 0 aromatic carbocycles. The molecule has 2 atom stereocenters. The molecule has 1 aliphatic carbocycles. The van der Waals surface area contributed by atoms with Crippen LogP contribution in [0.2, 0.25) is 0 Å². The molecule has 1 N–H and O–H groups in total. The molecule has 108 valence electrons. The zero-order valence-electron chi connectivity index (χ0n) is 11.9. The van der Waals surface area contributed by atoms with E-state index in [1.807, 2.05) is 6.92 Å². The van der Waals surface area contributed by atoms with Gasteiger partial charge in [-0.3, -0.25) is 9.78 Å². The molecule has 1 aliphatic rings. The van der Waals surface area contributed by atoms with E-state index in [4.69, 9.17) is 4.84 Å². The summed E-state index contributed by atoms with van der Waals surface area (Å²) in [6, 6.07) is 3.27. The molecule has 0 spiro atoms. The highest BCUT2D eigenvalue weighted by atomic mass is 16.7. The van der Waals surface area contributed by atoms with Crippen LogP contribution in [0.4, 0.5) is 0 Å². The Morgan fingerprint density at radius 1 is 1.45 bits per heavy atom. The largest absolute Gasteiger partial charge is 0.340 e. The minimum Gasteiger partial charge on any atom is -0.340 e. The van der Waals surface area contributed by atoms with Crippen molar-refractivity contribution in [2.24, 2.45) is 11.3 Å². The summed E-state index contributed by atoms with van der Waals surface area (Å²) in [4.78, 5) is 32.9. The van der Waals surface area contributed by atoms with Gasteiger partial charge in [-0.05, 0) is 37.8 Å². The molecule has 1 saturated carbocycles. The van der Waals surface area contributed by atoms with Gasteiger partial charge in [0.2, 0.25) is 0 Å². The lowest BCUT2D eigenvalue weighted by Crippen LogP contribution is -2.42. The van der Waals surface area contributed by atoms with Crippen LogP contribution in [0.5, 0.6) is 0 Å². The first-order valence-electron chi connectivity index (χ1n) is 6.95. The molecule has 1 aromatic rings. The second-order valence-electron chi connectivity index (χ2n) is 5.63. The van der Waals surface area contributed by atoms with Crippen LogP contribution in [0.15, 0.2) is 24.5 Å². The number of nitrogens with zero attached hydrogens (tertiary/aromatic N) is 1. The minimum atomic E-state index is -0.513.